The number of H-pyrrole nitrogens is 1. The van der Waals surface area contributed by atoms with E-state index < -0.39 is 0 Å². The maximum absolute atomic E-state index is 11.4. The minimum atomic E-state index is -0.311. The molecule has 0 aromatic carbocycles. The molecule has 0 saturated carbocycles. The van der Waals surface area contributed by atoms with Crippen molar-refractivity contribution < 1.29 is 4.74 Å². The number of aromatic amines is 1. The maximum atomic E-state index is 11.4. The van der Waals surface area contributed by atoms with E-state index >= 15 is 0 Å². The zero-order chi connectivity index (χ0) is 13.7. The molecular formula is C13H23N3O2. The lowest BCUT2D eigenvalue weighted by Gasteiger charge is -2.25. The molecule has 1 atom stereocenters. The highest BCUT2D eigenvalue weighted by Gasteiger charge is 2.14. The Labute approximate surface area is 108 Å². The van der Waals surface area contributed by atoms with Gasteiger partial charge in [-0.15, -0.1) is 0 Å². The molecule has 0 saturated heterocycles. The van der Waals surface area contributed by atoms with Gasteiger partial charge in [-0.2, -0.15) is 4.98 Å². The molecule has 0 aliphatic rings. The first-order valence-electron chi connectivity index (χ1n) is 6.27. The molecule has 102 valence electrons. The van der Waals surface area contributed by atoms with E-state index in [2.05, 4.69) is 35.8 Å². The molecule has 1 heterocycles. The SMILES string of the molecule is CCC(C)N(C)Cc1c(COC)nc(=O)[nH]c1C. The molecule has 5 nitrogen and oxygen atoms in total. The number of aryl methyl sites for hydroxylation is 1. The minimum Gasteiger partial charge on any atom is -0.378 e. The molecule has 0 aliphatic carbocycles. The summed E-state index contributed by atoms with van der Waals surface area (Å²) >= 11 is 0. The van der Waals surface area contributed by atoms with Gasteiger partial charge in [-0.1, -0.05) is 6.92 Å². The van der Waals surface area contributed by atoms with Crippen LogP contribution in [0.1, 0.15) is 37.2 Å². The van der Waals surface area contributed by atoms with Crippen LogP contribution in [0.2, 0.25) is 0 Å². The standard InChI is InChI=1S/C13H23N3O2/c1-6-9(2)16(4)7-11-10(3)14-13(17)15-12(11)8-18-5/h9H,6-8H2,1-5H3,(H,14,15,17). The Morgan fingerprint density at radius 3 is 2.72 bits per heavy atom. The number of aromatic nitrogens is 2. The molecule has 1 aromatic rings. The van der Waals surface area contributed by atoms with Gasteiger partial charge < -0.3 is 9.72 Å². The maximum Gasteiger partial charge on any atom is 0.345 e. The molecule has 1 N–H and O–H groups in total. The third-order valence-electron chi connectivity index (χ3n) is 3.36. The van der Waals surface area contributed by atoms with E-state index in [1.165, 1.54) is 0 Å². The fourth-order valence-electron chi connectivity index (χ4n) is 1.85. The van der Waals surface area contributed by atoms with E-state index in [1.54, 1.807) is 7.11 Å². The summed E-state index contributed by atoms with van der Waals surface area (Å²) in [6.45, 7) is 7.39. The third-order valence-corrected chi connectivity index (χ3v) is 3.36. The fourth-order valence-corrected chi connectivity index (χ4v) is 1.85. The molecular weight excluding hydrogens is 230 g/mol. The van der Waals surface area contributed by atoms with Gasteiger partial charge in [0, 0.05) is 31.0 Å². The van der Waals surface area contributed by atoms with E-state index in [0.29, 0.717) is 12.6 Å². The molecule has 18 heavy (non-hydrogen) atoms. The molecule has 1 aromatic heterocycles. The molecule has 1 unspecified atom stereocenters. The molecule has 0 fully saturated rings. The summed E-state index contributed by atoms with van der Waals surface area (Å²) in [5, 5.41) is 0. The first-order valence-corrected chi connectivity index (χ1v) is 6.27. The summed E-state index contributed by atoms with van der Waals surface area (Å²) in [5.41, 5.74) is 2.35. The van der Waals surface area contributed by atoms with Gasteiger partial charge >= 0.3 is 5.69 Å². The van der Waals surface area contributed by atoms with E-state index in [1.807, 2.05) is 6.92 Å². The smallest absolute Gasteiger partial charge is 0.345 e. The van der Waals surface area contributed by atoms with Crippen LogP contribution in [0, 0.1) is 6.92 Å². The van der Waals surface area contributed by atoms with Crippen molar-refractivity contribution in [2.75, 3.05) is 14.2 Å². The predicted octanol–water partition coefficient (Wildman–Crippen LogP) is 1.46. The summed E-state index contributed by atoms with van der Waals surface area (Å²) in [6.07, 6.45) is 1.09. The highest BCUT2D eigenvalue weighted by atomic mass is 16.5. The van der Waals surface area contributed by atoms with Crippen molar-refractivity contribution in [1.29, 1.82) is 0 Å². The van der Waals surface area contributed by atoms with Crippen LogP contribution in [0.15, 0.2) is 4.79 Å². The Balaban J connectivity index is 3.02. The van der Waals surface area contributed by atoms with Gasteiger partial charge in [0.2, 0.25) is 0 Å². The number of hydrogen-bond donors (Lipinski definition) is 1. The van der Waals surface area contributed by atoms with Gasteiger partial charge in [0.25, 0.3) is 0 Å². The van der Waals surface area contributed by atoms with E-state index in [9.17, 15) is 4.79 Å². The van der Waals surface area contributed by atoms with Gasteiger partial charge in [0.05, 0.1) is 12.3 Å². The van der Waals surface area contributed by atoms with Crippen molar-refractivity contribution >= 4 is 0 Å². The van der Waals surface area contributed by atoms with Crippen LogP contribution in [-0.4, -0.2) is 35.1 Å². The highest BCUT2D eigenvalue weighted by Crippen LogP contribution is 2.14. The van der Waals surface area contributed by atoms with Crippen LogP contribution in [0.3, 0.4) is 0 Å². The lowest BCUT2D eigenvalue weighted by atomic mass is 10.1. The molecule has 0 bridgehead atoms. The average Bonchev–Trinajstić information content (AvgIpc) is 2.32. The highest BCUT2D eigenvalue weighted by molar-refractivity contribution is 5.23. The van der Waals surface area contributed by atoms with Gasteiger partial charge in [-0.05, 0) is 27.3 Å². The van der Waals surface area contributed by atoms with Crippen molar-refractivity contribution in [3.05, 3.63) is 27.4 Å². The molecule has 0 amide bonds. The van der Waals surface area contributed by atoms with Crippen LogP contribution in [0.5, 0.6) is 0 Å². The quantitative estimate of drug-likeness (QED) is 0.833. The Hall–Kier alpha value is -1.20. The fraction of sp³-hybridized carbons (Fsp3) is 0.692. The number of ether oxygens (including phenoxy) is 1. The van der Waals surface area contributed by atoms with E-state index in [0.717, 1.165) is 29.9 Å². The van der Waals surface area contributed by atoms with Crippen molar-refractivity contribution in [3.8, 4) is 0 Å². The number of rotatable bonds is 6. The topological polar surface area (TPSA) is 58.2 Å². The van der Waals surface area contributed by atoms with Crippen molar-refractivity contribution in [1.82, 2.24) is 14.9 Å². The largest absolute Gasteiger partial charge is 0.378 e. The second kappa shape index (κ2) is 6.66. The van der Waals surface area contributed by atoms with Crippen LogP contribution in [0.4, 0.5) is 0 Å². The normalized spacial score (nSPS) is 13.0. The second-order valence-electron chi connectivity index (χ2n) is 4.70. The van der Waals surface area contributed by atoms with Crippen LogP contribution in [-0.2, 0) is 17.9 Å². The summed E-state index contributed by atoms with van der Waals surface area (Å²) in [5.74, 6) is 0. The van der Waals surface area contributed by atoms with Gasteiger partial charge in [-0.3, -0.25) is 4.90 Å². The lowest BCUT2D eigenvalue weighted by molar-refractivity contribution is 0.177. The number of methoxy groups -OCH3 is 1. The zero-order valence-electron chi connectivity index (χ0n) is 11.9. The number of nitrogens with zero attached hydrogens (tertiary/aromatic N) is 2. The second-order valence-corrected chi connectivity index (χ2v) is 4.70. The van der Waals surface area contributed by atoms with Crippen LogP contribution in [0.25, 0.3) is 0 Å². The molecule has 0 radical (unpaired) electrons. The number of hydrogen-bond acceptors (Lipinski definition) is 4. The first kappa shape index (κ1) is 14.9. The van der Waals surface area contributed by atoms with Gasteiger partial charge in [0.15, 0.2) is 0 Å². The molecule has 0 spiro atoms. The van der Waals surface area contributed by atoms with Gasteiger partial charge in [-0.25, -0.2) is 4.79 Å². The van der Waals surface area contributed by atoms with Crippen molar-refractivity contribution in [2.45, 2.75) is 46.4 Å². The third kappa shape index (κ3) is 3.65. The van der Waals surface area contributed by atoms with E-state index in [4.69, 9.17) is 4.74 Å². The summed E-state index contributed by atoms with van der Waals surface area (Å²) in [4.78, 5) is 20.4. The first-order chi connectivity index (χ1) is 8.49. The summed E-state index contributed by atoms with van der Waals surface area (Å²) < 4.78 is 5.11. The molecule has 1 rings (SSSR count). The molecule has 5 heteroatoms. The summed E-state index contributed by atoms with van der Waals surface area (Å²) in [7, 11) is 3.69. The Morgan fingerprint density at radius 2 is 2.17 bits per heavy atom. The predicted molar refractivity (Wildman–Crippen MR) is 71.5 cm³/mol. The average molecular weight is 253 g/mol. The number of nitrogens with one attached hydrogen (secondary N) is 1. The van der Waals surface area contributed by atoms with Crippen molar-refractivity contribution in [3.63, 3.8) is 0 Å². The zero-order valence-corrected chi connectivity index (χ0v) is 11.9. The Bertz CT molecular complexity index is 442. The van der Waals surface area contributed by atoms with Crippen molar-refractivity contribution in [2.24, 2.45) is 0 Å². The summed E-state index contributed by atoms with van der Waals surface area (Å²) in [6, 6.07) is 0.492. The Kier molecular flexibility index (Phi) is 5.50. The Morgan fingerprint density at radius 1 is 1.50 bits per heavy atom. The minimum absolute atomic E-state index is 0.311. The monoisotopic (exact) mass is 253 g/mol. The lowest BCUT2D eigenvalue weighted by Crippen LogP contribution is -2.30. The van der Waals surface area contributed by atoms with Gasteiger partial charge in [0.1, 0.15) is 0 Å². The van der Waals surface area contributed by atoms with E-state index in [-0.39, 0.29) is 5.69 Å². The van der Waals surface area contributed by atoms with Crippen LogP contribution >= 0.6 is 0 Å². The molecule has 0 aliphatic heterocycles. The van der Waals surface area contributed by atoms with Crippen LogP contribution < -0.4 is 5.69 Å².